The lowest BCUT2D eigenvalue weighted by molar-refractivity contribution is -0.162. The average molecular weight is 258 g/mol. The molecule has 1 aliphatic rings. The van der Waals surface area contributed by atoms with Crippen molar-refractivity contribution in [2.75, 3.05) is 0 Å². The molecule has 0 fully saturated rings. The Bertz CT molecular complexity index is 540. The van der Waals surface area contributed by atoms with E-state index < -0.39 is 17.0 Å². The second kappa shape index (κ2) is 4.67. The second-order valence-electron chi connectivity index (χ2n) is 5.26. The van der Waals surface area contributed by atoms with Gasteiger partial charge in [0.15, 0.2) is 5.60 Å². The number of aliphatic hydroxyl groups is 1. The van der Waals surface area contributed by atoms with Gasteiger partial charge in [0.25, 0.3) is 0 Å². The van der Waals surface area contributed by atoms with Crippen molar-refractivity contribution in [3.05, 3.63) is 59.7 Å². The smallest absolute Gasteiger partial charge is 0.336 e. The van der Waals surface area contributed by atoms with Gasteiger partial charge in [-0.25, -0.2) is 4.79 Å². The molecule has 2 N–H and O–H groups in total. The number of carboxylic acid groups (broad SMARTS) is 1. The normalized spacial score (nSPS) is 25.5. The van der Waals surface area contributed by atoms with Crippen molar-refractivity contribution in [3.63, 3.8) is 0 Å². The minimum absolute atomic E-state index is 0.493. The molecule has 0 saturated carbocycles. The lowest BCUT2D eigenvalue weighted by atomic mass is 9.63. The Hall–Kier alpha value is -1.87. The minimum atomic E-state index is -1.86. The first kappa shape index (κ1) is 13.6. The fourth-order valence-corrected chi connectivity index (χ4v) is 2.67. The highest BCUT2D eigenvalue weighted by atomic mass is 16.4. The van der Waals surface area contributed by atoms with Gasteiger partial charge >= 0.3 is 5.97 Å². The number of carbonyl (C=O) groups is 1. The molecule has 0 radical (unpaired) electrons. The van der Waals surface area contributed by atoms with Crippen LogP contribution in [0.4, 0.5) is 0 Å². The van der Waals surface area contributed by atoms with Crippen molar-refractivity contribution in [1.29, 1.82) is 0 Å². The molecular weight excluding hydrogens is 240 g/mol. The van der Waals surface area contributed by atoms with E-state index in [4.69, 9.17) is 0 Å². The summed E-state index contributed by atoms with van der Waals surface area (Å²) in [5.41, 5.74) is -0.932. The van der Waals surface area contributed by atoms with Crippen LogP contribution in [0.3, 0.4) is 0 Å². The first-order valence-corrected chi connectivity index (χ1v) is 6.26. The van der Waals surface area contributed by atoms with Gasteiger partial charge in [-0.15, -0.1) is 0 Å². The van der Waals surface area contributed by atoms with E-state index in [1.807, 2.05) is 49.4 Å². The molecular formula is C16H18O3. The summed E-state index contributed by atoms with van der Waals surface area (Å²) in [6, 6.07) is 9.32. The van der Waals surface area contributed by atoms with Gasteiger partial charge in [0, 0.05) is 0 Å². The highest BCUT2D eigenvalue weighted by Gasteiger charge is 2.52. The number of hydrogen-bond donors (Lipinski definition) is 2. The van der Waals surface area contributed by atoms with E-state index in [0.717, 1.165) is 11.1 Å². The zero-order valence-corrected chi connectivity index (χ0v) is 11.1. The lowest BCUT2D eigenvalue weighted by Crippen LogP contribution is -2.54. The highest BCUT2D eigenvalue weighted by molar-refractivity contribution is 5.80. The van der Waals surface area contributed by atoms with Gasteiger partial charge in [-0.3, -0.25) is 0 Å². The first-order valence-electron chi connectivity index (χ1n) is 6.26. The van der Waals surface area contributed by atoms with E-state index in [2.05, 4.69) is 0 Å². The molecule has 0 aliphatic heterocycles. The van der Waals surface area contributed by atoms with E-state index in [1.165, 1.54) is 6.92 Å². The molecule has 2 rings (SSSR count). The maximum atomic E-state index is 11.5. The van der Waals surface area contributed by atoms with Crippen LogP contribution < -0.4 is 0 Å². The molecule has 0 aromatic heterocycles. The Balaban J connectivity index is 2.62. The predicted octanol–water partition coefficient (Wildman–Crippen LogP) is 2.67. The van der Waals surface area contributed by atoms with Crippen molar-refractivity contribution in [2.45, 2.75) is 31.3 Å². The monoisotopic (exact) mass is 258 g/mol. The quantitative estimate of drug-likeness (QED) is 0.876. The van der Waals surface area contributed by atoms with Crippen LogP contribution in [-0.2, 0) is 10.2 Å². The zero-order valence-electron chi connectivity index (χ0n) is 11.1. The molecule has 0 spiro atoms. The molecule has 1 aromatic carbocycles. The Morgan fingerprint density at radius 3 is 2.47 bits per heavy atom. The lowest BCUT2D eigenvalue weighted by Gasteiger charge is -2.42. The largest absolute Gasteiger partial charge is 0.479 e. The molecule has 0 bridgehead atoms. The molecule has 0 saturated heterocycles. The van der Waals surface area contributed by atoms with Crippen molar-refractivity contribution in [2.24, 2.45) is 0 Å². The number of aliphatic carboxylic acids is 1. The van der Waals surface area contributed by atoms with Crippen LogP contribution in [0.2, 0.25) is 0 Å². The summed E-state index contributed by atoms with van der Waals surface area (Å²) in [5, 5.41) is 20.0. The SMILES string of the molecule is CC1=CC=CC(c2ccccc2)(C(C)(O)C(=O)O)C1. The predicted molar refractivity (Wildman–Crippen MR) is 73.9 cm³/mol. The van der Waals surface area contributed by atoms with Gasteiger partial charge in [0.2, 0.25) is 0 Å². The maximum absolute atomic E-state index is 11.5. The van der Waals surface area contributed by atoms with Crippen LogP contribution in [0.15, 0.2) is 54.1 Å². The van der Waals surface area contributed by atoms with Gasteiger partial charge in [-0.2, -0.15) is 0 Å². The standard InChI is InChI=1S/C16H18O3/c1-12-7-6-10-16(11-12,15(2,19)14(17)18)13-8-4-3-5-9-13/h3-10,19H,11H2,1-2H3,(H,17,18). The van der Waals surface area contributed by atoms with E-state index in [1.54, 1.807) is 6.08 Å². The zero-order chi connectivity index (χ0) is 14.1. The maximum Gasteiger partial charge on any atom is 0.336 e. The third-order valence-electron chi connectivity index (χ3n) is 3.89. The Kier molecular flexibility index (Phi) is 3.33. The van der Waals surface area contributed by atoms with E-state index >= 15 is 0 Å². The number of carboxylic acids is 1. The first-order chi connectivity index (χ1) is 8.90. The molecule has 0 heterocycles. The highest BCUT2D eigenvalue weighted by Crippen LogP contribution is 2.44. The van der Waals surface area contributed by atoms with Gasteiger partial charge in [-0.1, -0.05) is 54.1 Å². The Morgan fingerprint density at radius 1 is 1.32 bits per heavy atom. The summed E-state index contributed by atoms with van der Waals surface area (Å²) in [7, 11) is 0. The van der Waals surface area contributed by atoms with Gasteiger partial charge < -0.3 is 10.2 Å². The van der Waals surface area contributed by atoms with Crippen LogP contribution in [0, 0.1) is 0 Å². The van der Waals surface area contributed by atoms with Crippen LogP contribution >= 0.6 is 0 Å². The van der Waals surface area contributed by atoms with Crippen LogP contribution in [-0.4, -0.2) is 21.8 Å². The molecule has 19 heavy (non-hydrogen) atoms. The number of allylic oxidation sites excluding steroid dienone is 3. The van der Waals surface area contributed by atoms with E-state index in [-0.39, 0.29) is 0 Å². The molecule has 100 valence electrons. The van der Waals surface area contributed by atoms with Crippen LogP contribution in [0.5, 0.6) is 0 Å². The van der Waals surface area contributed by atoms with Gasteiger partial charge in [0.1, 0.15) is 0 Å². The van der Waals surface area contributed by atoms with Gasteiger partial charge in [-0.05, 0) is 25.8 Å². The average Bonchev–Trinajstić information content (AvgIpc) is 2.39. The topological polar surface area (TPSA) is 57.5 Å². The molecule has 3 nitrogen and oxygen atoms in total. The number of benzene rings is 1. The number of rotatable bonds is 3. The summed E-state index contributed by atoms with van der Waals surface area (Å²) in [4.78, 5) is 11.5. The van der Waals surface area contributed by atoms with E-state index in [9.17, 15) is 15.0 Å². The molecule has 1 aliphatic carbocycles. The minimum Gasteiger partial charge on any atom is -0.479 e. The fourth-order valence-electron chi connectivity index (χ4n) is 2.67. The summed E-state index contributed by atoms with van der Waals surface area (Å²) in [6.45, 7) is 3.31. The van der Waals surface area contributed by atoms with Crippen LogP contribution in [0.1, 0.15) is 25.8 Å². The third-order valence-corrected chi connectivity index (χ3v) is 3.89. The van der Waals surface area contributed by atoms with Crippen molar-refractivity contribution < 1.29 is 15.0 Å². The molecule has 2 unspecified atom stereocenters. The Morgan fingerprint density at radius 2 is 1.95 bits per heavy atom. The fraction of sp³-hybridized carbons (Fsp3) is 0.312. The summed E-state index contributed by atoms with van der Waals surface area (Å²) < 4.78 is 0. The van der Waals surface area contributed by atoms with Crippen molar-refractivity contribution >= 4 is 5.97 Å². The van der Waals surface area contributed by atoms with Crippen LogP contribution in [0.25, 0.3) is 0 Å². The third kappa shape index (κ3) is 2.10. The molecule has 3 heteroatoms. The Labute approximate surface area is 112 Å². The summed E-state index contributed by atoms with van der Waals surface area (Å²) in [6.07, 6.45) is 6.05. The number of hydrogen-bond acceptors (Lipinski definition) is 2. The second-order valence-corrected chi connectivity index (χ2v) is 5.26. The molecule has 1 aromatic rings. The summed E-state index contributed by atoms with van der Waals surface area (Å²) in [5.74, 6) is -1.21. The summed E-state index contributed by atoms with van der Waals surface area (Å²) >= 11 is 0. The van der Waals surface area contributed by atoms with Gasteiger partial charge in [0.05, 0.1) is 5.41 Å². The molecule has 2 atom stereocenters. The van der Waals surface area contributed by atoms with Crippen molar-refractivity contribution in [3.8, 4) is 0 Å². The molecule has 0 amide bonds. The van der Waals surface area contributed by atoms with E-state index in [0.29, 0.717) is 6.42 Å². The van der Waals surface area contributed by atoms with Crippen molar-refractivity contribution in [1.82, 2.24) is 0 Å².